The molecule has 6 nitrogen and oxygen atoms in total. The molecule has 36 heavy (non-hydrogen) atoms. The number of carbonyl (C=O) groups excluding carboxylic acids is 1. The smallest absolute Gasteiger partial charge is 0.271 e. The van der Waals surface area contributed by atoms with Gasteiger partial charge in [0.15, 0.2) is 11.5 Å². The summed E-state index contributed by atoms with van der Waals surface area (Å²) >= 11 is 3.57. The van der Waals surface area contributed by atoms with Crippen molar-refractivity contribution in [2.75, 3.05) is 13.7 Å². The highest BCUT2D eigenvalue weighted by Gasteiger charge is 2.11. The molecular weight excluding hydrogens is 520 g/mol. The van der Waals surface area contributed by atoms with Crippen molar-refractivity contribution >= 4 is 38.8 Å². The molecule has 184 valence electrons. The fourth-order valence-electron chi connectivity index (χ4n) is 3.66. The van der Waals surface area contributed by atoms with E-state index in [-0.39, 0.29) is 5.91 Å². The number of hydrazone groups is 1. The van der Waals surface area contributed by atoms with Gasteiger partial charge in [0.2, 0.25) is 0 Å². The van der Waals surface area contributed by atoms with Gasteiger partial charge in [-0.3, -0.25) is 4.79 Å². The van der Waals surface area contributed by atoms with Gasteiger partial charge in [0.05, 0.1) is 24.4 Å². The maximum Gasteiger partial charge on any atom is 0.271 e. The van der Waals surface area contributed by atoms with Gasteiger partial charge in [-0.25, -0.2) is 5.43 Å². The van der Waals surface area contributed by atoms with Gasteiger partial charge in [-0.05, 0) is 80.6 Å². The number of fused-ring (bicyclic) bond motifs is 1. The number of methoxy groups -OCH3 is 1. The number of carbonyl (C=O) groups is 1. The Kier molecular flexibility index (Phi) is 8.57. The molecule has 4 aromatic rings. The van der Waals surface area contributed by atoms with Crippen molar-refractivity contribution in [3.63, 3.8) is 0 Å². The van der Waals surface area contributed by atoms with Crippen LogP contribution in [0.4, 0.5) is 0 Å². The van der Waals surface area contributed by atoms with Gasteiger partial charge < -0.3 is 14.2 Å². The second-order valence-electron chi connectivity index (χ2n) is 8.03. The van der Waals surface area contributed by atoms with Crippen LogP contribution in [-0.2, 0) is 6.61 Å². The Hall–Kier alpha value is -3.84. The van der Waals surface area contributed by atoms with Crippen molar-refractivity contribution < 1.29 is 19.0 Å². The van der Waals surface area contributed by atoms with Gasteiger partial charge in [0, 0.05) is 5.56 Å². The number of nitrogens with one attached hydrogen (secondary N) is 1. The van der Waals surface area contributed by atoms with Crippen molar-refractivity contribution in [3.8, 4) is 17.2 Å². The van der Waals surface area contributed by atoms with E-state index in [0.717, 1.165) is 27.8 Å². The van der Waals surface area contributed by atoms with E-state index in [1.807, 2.05) is 43.3 Å². The normalized spacial score (nSPS) is 11.0. The van der Waals surface area contributed by atoms with Crippen LogP contribution in [0, 0.1) is 0 Å². The summed E-state index contributed by atoms with van der Waals surface area (Å²) in [6.45, 7) is 3.06. The monoisotopic (exact) mass is 546 g/mol. The maximum absolute atomic E-state index is 12.5. The van der Waals surface area contributed by atoms with E-state index < -0.39 is 0 Å². The van der Waals surface area contributed by atoms with E-state index in [1.54, 1.807) is 31.5 Å². The third kappa shape index (κ3) is 6.23. The average molecular weight is 547 g/mol. The molecule has 0 heterocycles. The average Bonchev–Trinajstić information content (AvgIpc) is 2.91. The lowest BCUT2D eigenvalue weighted by atomic mass is 10.1. The summed E-state index contributed by atoms with van der Waals surface area (Å²) in [5.41, 5.74) is 4.90. The summed E-state index contributed by atoms with van der Waals surface area (Å²) in [4.78, 5) is 12.5. The molecule has 7 heteroatoms. The zero-order valence-corrected chi connectivity index (χ0v) is 21.7. The molecule has 0 aliphatic heterocycles. The number of ether oxygens (including phenoxy) is 3. The molecule has 4 aromatic carbocycles. The van der Waals surface area contributed by atoms with E-state index in [0.29, 0.717) is 30.3 Å². The summed E-state index contributed by atoms with van der Waals surface area (Å²) < 4.78 is 17.8. The number of hydrogen-bond acceptors (Lipinski definition) is 5. The molecule has 0 aromatic heterocycles. The number of nitrogens with zero attached hydrogens (tertiary/aromatic N) is 1. The highest BCUT2D eigenvalue weighted by molar-refractivity contribution is 9.10. The predicted molar refractivity (Wildman–Crippen MR) is 146 cm³/mol. The summed E-state index contributed by atoms with van der Waals surface area (Å²) in [5.74, 6) is 1.48. The lowest BCUT2D eigenvalue weighted by molar-refractivity contribution is 0.0954. The topological polar surface area (TPSA) is 69.2 Å². The van der Waals surface area contributed by atoms with Gasteiger partial charge in [-0.1, -0.05) is 49.4 Å². The van der Waals surface area contributed by atoms with Crippen molar-refractivity contribution in [1.82, 2.24) is 5.43 Å². The molecule has 1 amide bonds. The molecule has 0 aliphatic carbocycles. The van der Waals surface area contributed by atoms with Crippen LogP contribution in [0.2, 0.25) is 0 Å². The van der Waals surface area contributed by atoms with Crippen LogP contribution in [0.1, 0.15) is 34.8 Å². The van der Waals surface area contributed by atoms with E-state index in [4.69, 9.17) is 14.2 Å². The first-order valence-electron chi connectivity index (χ1n) is 11.6. The molecule has 0 bridgehead atoms. The SMILES string of the molecule is CCCOc1ccc(C(=O)N/N=C/c2ccc(OCc3cccc4ccccc34)c(Br)c2)cc1OC. The number of benzene rings is 4. The summed E-state index contributed by atoms with van der Waals surface area (Å²) in [5, 5.41) is 6.45. The number of hydrogen-bond donors (Lipinski definition) is 1. The highest BCUT2D eigenvalue weighted by Crippen LogP contribution is 2.29. The van der Waals surface area contributed by atoms with Crippen LogP contribution >= 0.6 is 15.9 Å². The zero-order chi connectivity index (χ0) is 25.3. The van der Waals surface area contributed by atoms with Crippen molar-refractivity contribution in [1.29, 1.82) is 0 Å². The first kappa shape index (κ1) is 25.3. The molecule has 0 unspecified atom stereocenters. The standard InChI is InChI=1S/C29H27BrN2O4/c1-3-15-35-27-14-12-22(17-28(27)34-2)29(33)32-31-18-20-11-13-26(25(30)16-20)36-19-23-9-6-8-21-7-4-5-10-24(21)23/h4-14,16-18H,3,15,19H2,1-2H3,(H,32,33)/b31-18+. The number of halogens is 1. The van der Waals surface area contributed by atoms with Crippen molar-refractivity contribution in [3.05, 3.63) is 100 Å². The Bertz CT molecular complexity index is 1380. The van der Waals surface area contributed by atoms with E-state index in [2.05, 4.69) is 50.7 Å². The lowest BCUT2D eigenvalue weighted by Crippen LogP contribution is -2.17. The molecule has 0 saturated carbocycles. The Morgan fingerprint density at radius 3 is 2.56 bits per heavy atom. The molecule has 4 rings (SSSR count). The molecule has 0 aliphatic rings. The van der Waals surface area contributed by atoms with Gasteiger partial charge in [0.25, 0.3) is 5.91 Å². The van der Waals surface area contributed by atoms with E-state index in [9.17, 15) is 4.79 Å². The Morgan fingerprint density at radius 2 is 1.75 bits per heavy atom. The third-order valence-corrected chi connectivity index (χ3v) is 6.11. The Labute approximate surface area is 219 Å². The molecule has 0 fully saturated rings. The van der Waals surface area contributed by atoms with Crippen LogP contribution in [0.5, 0.6) is 17.2 Å². The second-order valence-corrected chi connectivity index (χ2v) is 8.88. The quantitative estimate of drug-likeness (QED) is 0.176. The second kappa shape index (κ2) is 12.2. The minimum atomic E-state index is -0.347. The molecule has 0 spiro atoms. The Balaban J connectivity index is 1.37. The molecule has 0 saturated heterocycles. The maximum atomic E-state index is 12.5. The lowest BCUT2D eigenvalue weighted by Gasteiger charge is -2.11. The van der Waals surface area contributed by atoms with Gasteiger partial charge in [0.1, 0.15) is 12.4 Å². The fourth-order valence-corrected chi connectivity index (χ4v) is 4.17. The zero-order valence-electron chi connectivity index (χ0n) is 20.2. The van der Waals surface area contributed by atoms with Gasteiger partial charge in [-0.15, -0.1) is 0 Å². The third-order valence-electron chi connectivity index (χ3n) is 5.49. The summed E-state index contributed by atoms with van der Waals surface area (Å²) in [7, 11) is 1.54. The molecule has 0 atom stereocenters. The molecule has 1 N–H and O–H groups in total. The van der Waals surface area contributed by atoms with Gasteiger partial charge in [-0.2, -0.15) is 5.10 Å². The minimum absolute atomic E-state index is 0.347. The number of rotatable bonds is 10. The van der Waals surface area contributed by atoms with E-state index in [1.165, 1.54) is 10.8 Å². The number of amides is 1. The fraction of sp³-hybridized carbons (Fsp3) is 0.172. The molecular formula is C29H27BrN2O4. The Morgan fingerprint density at radius 1 is 0.944 bits per heavy atom. The van der Waals surface area contributed by atoms with Crippen LogP contribution in [0.3, 0.4) is 0 Å². The van der Waals surface area contributed by atoms with Crippen molar-refractivity contribution in [2.24, 2.45) is 5.10 Å². The largest absolute Gasteiger partial charge is 0.493 e. The van der Waals surface area contributed by atoms with Crippen molar-refractivity contribution in [2.45, 2.75) is 20.0 Å². The molecule has 0 radical (unpaired) electrons. The van der Waals surface area contributed by atoms with E-state index >= 15 is 0 Å². The van der Waals surface area contributed by atoms with Crippen LogP contribution < -0.4 is 19.6 Å². The summed E-state index contributed by atoms with van der Waals surface area (Å²) in [6, 6.07) is 25.1. The first-order chi connectivity index (χ1) is 17.6. The predicted octanol–water partition coefficient (Wildman–Crippen LogP) is 6.74. The summed E-state index contributed by atoms with van der Waals surface area (Å²) in [6.07, 6.45) is 2.46. The first-order valence-corrected chi connectivity index (χ1v) is 12.4. The minimum Gasteiger partial charge on any atom is -0.493 e. The highest BCUT2D eigenvalue weighted by atomic mass is 79.9. The van der Waals surface area contributed by atoms with Gasteiger partial charge >= 0.3 is 0 Å². The van der Waals surface area contributed by atoms with Crippen LogP contribution in [0.25, 0.3) is 10.8 Å². The van der Waals surface area contributed by atoms with Crippen LogP contribution in [-0.4, -0.2) is 25.8 Å². The van der Waals surface area contributed by atoms with Crippen LogP contribution in [0.15, 0.2) is 88.4 Å².